The number of aromatic nitrogens is 2. The van der Waals surface area contributed by atoms with Crippen LogP contribution in [0.15, 0.2) is 200 Å². The smallest absolute Gasteiger partial charge is 0.171 e. The minimum absolute atomic E-state index is 0.836. The standard InChI is InChI=1S/C53H33N2OP/c56-57(42-14-2-1-3-15-42,43-23-20-34-10-4-5-11-35(34)29-43)44-24-26-46-41(30-44)19-18-40-28-38(21-25-45(40)46)39-22-27-51-48(32-39)47-31-36-12-6-7-13-37(36)33-49(47)53-54-50-16-8-9-17-52(50)55(51)53/h1-33H. The highest BCUT2D eigenvalue weighted by Gasteiger charge is 2.30. The van der Waals surface area contributed by atoms with Crippen molar-refractivity contribution in [1.82, 2.24) is 9.38 Å². The van der Waals surface area contributed by atoms with Crippen molar-refractivity contribution in [2.24, 2.45) is 0 Å². The molecule has 0 aliphatic rings. The Morgan fingerprint density at radius 1 is 0.351 bits per heavy atom. The molecule has 0 bridgehead atoms. The predicted molar refractivity (Wildman–Crippen MR) is 243 cm³/mol. The van der Waals surface area contributed by atoms with Crippen LogP contribution in [0.25, 0.3) is 92.6 Å². The summed E-state index contributed by atoms with van der Waals surface area (Å²) in [5, 5.41) is 15.3. The molecular formula is C53H33N2OP. The third-order valence-corrected chi connectivity index (χ3v) is 15.0. The Morgan fingerprint density at radius 3 is 1.70 bits per heavy atom. The van der Waals surface area contributed by atoms with Gasteiger partial charge in [0.1, 0.15) is 5.65 Å². The average Bonchev–Trinajstić information content (AvgIpc) is 3.68. The third-order valence-electron chi connectivity index (χ3n) is 11.9. The van der Waals surface area contributed by atoms with E-state index in [2.05, 4.69) is 156 Å². The summed E-state index contributed by atoms with van der Waals surface area (Å²) >= 11 is 0. The second-order valence-electron chi connectivity index (χ2n) is 15.1. The van der Waals surface area contributed by atoms with Gasteiger partial charge in [-0.15, -0.1) is 0 Å². The number of para-hydroxylation sites is 2. The molecular weight excluding hydrogens is 712 g/mol. The number of rotatable bonds is 4. The van der Waals surface area contributed by atoms with E-state index in [-0.39, 0.29) is 0 Å². The van der Waals surface area contributed by atoms with Gasteiger partial charge in [-0.05, 0) is 114 Å². The van der Waals surface area contributed by atoms with Gasteiger partial charge in [-0.3, -0.25) is 4.40 Å². The van der Waals surface area contributed by atoms with Crippen LogP contribution >= 0.6 is 7.14 Å². The van der Waals surface area contributed by atoms with Crippen LogP contribution in [0.5, 0.6) is 0 Å². The lowest BCUT2D eigenvalue weighted by Gasteiger charge is -2.21. The van der Waals surface area contributed by atoms with Gasteiger partial charge in [0.2, 0.25) is 0 Å². The average molecular weight is 745 g/mol. The van der Waals surface area contributed by atoms with Crippen LogP contribution in [0.4, 0.5) is 0 Å². The Morgan fingerprint density at radius 2 is 0.912 bits per heavy atom. The van der Waals surface area contributed by atoms with Crippen molar-refractivity contribution in [2.75, 3.05) is 0 Å². The molecule has 0 saturated carbocycles. The number of nitrogens with zero attached hydrogens (tertiary/aromatic N) is 2. The molecule has 57 heavy (non-hydrogen) atoms. The SMILES string of the molecule is O=P(c1ccccc1)(c1ccc2ccccc2c1)c1ccc2c(ccc3cc(-c4ccc5c(c4)c4cc6ccccc6cc4c4nc6ccccc6n54)ccc32)c1. The van der Waals surface area contributed by atoms with Crippen molar-refractivity contribution in [1.29, 1.82) is 0 Å². The van der Waals surface area contributed by atoms with E-state index in [9.17, 15) is 0 Å². The van der Waals surface area contributed by atoms with Crippen LogP contribution in [0, 0.1) is 0 Å². The van der Waals surface area contributed by atoms with Crippen LogP contribution in [0.2, 0.25) is 0 Å². The first kappa shape index (κ1) is 32.2. The lowest BCUT2D eigenvalue weighted by Crippen LogP contribution is -2.25. The van der Waals surface area contributed by atoms with E-state index in [1.807, 2.05) is 48.5 Å². The predicted octanol–water partition coefficient (Wildman–Crippen LogP) is 12.7. The van der Waals surface area contributed by atoms with E-state index >= 15 is 4.57 Å². The Kier molecular flexibility index (Phi) is 6.90. The van der Waals surface area contributed by atoms with E-state index in [0.717, 1.165) is 76.2 Å². The highest BCUT2D eigenvalue weighted by molar-refractivity contribution is 7.85. The van der Waals surface area contributed by atoms with Crippen molar-refractivity contribution in [3.63, 3.8) is 0 Å². The summed E-state index contributed by atoms with van der Waals surface area (Å²) in [6, 6.07) is 70.5. The Bertz CT molecular complexity index is 3680. The van der Waals surface area contributed by atoms with E-state index in [0.29, 0.717) is 0 Å². The Labute approximate surface area is 328 Å². The molecule has 3 nitrogen and oxygen atoms in total. The van der Waals surface area contributed by atoms with Gasteiger partial charge in [0, 0.05) is 26.7 Å². The molecule has 0 amide bonds. The van der Waals surface area contributed by atoms with Crippen LogP contribution < -0.4 is 15.9 Å². The van der Waals surface area contributed by atoms with E-state index < -0.39 is 7.14 Å². The molecule has 266 valence electrons. The molecule has 0 spiro atoms. The fraction of sp³-hybridized carbons (Fsp3) is 0. The van der Waals surface area contributed by atoms with Crippen LogP contribution in [0.3, 0.4) is 0 Å². The summed E-state index contributed by atoms with van der Waals surface area (Å²) in [5.41, 5.74) is 6.55. The summed E-state index contributed by atoms with van der Waals surface area (Å²) in [5.74, 6) is 0. The minimum Gasteiger partial charge on any atom is -0.309 e. The van der Waals surface area contributed by atoms with Gasteiger partial charge in [-0.25, -0.2) is 4.98 Å². The third kappa shape index (κ3) is 4.86. The molecule has 0 fully saturated rings. The van der Waals surface area contributed by atoms with Crippen LogP contribution in [-0.4, -0.2) is 9.38 Å². The van der Waals surface area contributed by atoms with Crippen LogP contribution in [-0.2, 0) is 4.57 Å². The second kappa shape index (κ2) is 12.2. The zero-order chi connectivity index (χ0) is 37.7. The summed E-state index contributed by atoms with van der Waals surface area (Å²) in [6.07, 6.45) is 0. The fourth-order valence-corrected chi connectivity index (χ4v) is 11.8. The molecule has 1 unspecified atom stereocenters. The van der Waals surface area contributed by atoms with Gasteiger partial charge < -0.3 is 4.57 Å². The molecule has 0 aliphatic heterocycles. The maximum Gasteiger partial charge on any atom is 0.171 e. The number of fused-ring (bicyclic) bond motifs is 13. The van der Waals surface area contributed by atoms with E-state index in [4.69, 9.17) is 4.98 Å². The lowest BCUT2D eigenvalue weighted by molar-refractivity contribution is 0.592. The molecule has 2 heterocycles. The Hall–Kier alpha value is -7.06. The lowest BCUT2D eigenvalue weighted by atomic mass is 9.95. The molecule has 0 N–H and O–H groups in total. The zero-order valence-electron chi connectivity index (χ0n) is 30.8. The number of benzene rings is 10. The maximum atomic E-state index is 15.5. The number of pyridine rings is 1. The van der Waals surface area contributed by atoms with Gasteiger partial charge in [-0.2, -0.15) is 0 Å². The molecule has 0 radical (unpaired) electrons. The molecule has 12 rings (SSSR count). The van der Waals surface area contributed by atoms with Crippen molar-refractivity contribution in [3.8, 4) is 11.1 Å². The van der Waals surface area contributed by atoms with Crippen molar-refractivity contribution in [3.05, 3.63) is 200 Å². The normalized spacial score (nSPS) is 13.1. The first-order valence-corrected chi connectivity index (χ1v) is 21.1. The second-order valence-corrected chi connectivity index (χ2v) is 17.9. The van der Waals surface area contributed by atoms with Gasteiger partial charge in [0.15, 0.2) is 7.14 Å². The van der Waals surface area contributed by atoms with Gasteiger partial charge in [0.05, 0.1) is 16.6 Å². The molecule has 2 aromatic heterocycles. The molecule has 12 aromatic rings. The quantitative estimate of drug-likeness (QED) is 0.102. The molecule has 10 aromatic carbocycles. The van der Waals surface area contributed by atoms with E-state index in [1.54, 1.807) is 0 Å². The van der Waals surface area contributed by atoms with Crippen molar-refractivity contribution < 1.29 is 4.57 Å². The van der Waals surface area contributed by atoms with Crippen molar-refractivity contribution >= 4 is 105 Å². The minimum atomic E-state index is -3.18. The number of hydrogen-bond acceptors (Lipinski definition) is 2. The molecule has 0 aliphatic carbocycles. The van der Waals surface area contributed by atoms with Gasteiger partial charge >= 0.3 is 0 Å². The molecule has 1 atom stereocenters. The first-order chi connectivity index (χ1) is 28.1. The molecule has 4 heteroatoms. The largest absolute Gasteiger partial charge is 0.309 e. The van der Waals surface area contributed by atoms with Crippen LogP contribution in [0.1, 0.15) is 0 Å². The zero-order valence-corrected chi connectivity index (χ0v) is 31.7. The van der Waals surface area contributed by atoms with E-state index in [1.165, 1.54) is 32.3 Å². The summed E-state index contributed by atoms with van der Waals surface area (Å²) < 4.78 is 17.8. The monoisotopic (exact) mass is 744 g/mol. The highest BCUT2D eigenvalue weighted by Crippen LogP contribution is 2.44. The topological polar surface area (TPSA) is 34.4 Å². The number of imidazole rings is 1. The summed E-state index contributed by atoms with van der Waals surface area (Å²) in [4.78, 5) is 5.15. The first-order valence-electron chi connectivity index (χ1n) is 19.4. The fourth-order valence-electron chi connectivity index (χ4n) is 9.12. The maximum absolute atomic E-state index is 15.5. The van der Waals surface area contributed by atoms with Gasteiger partial charge in [-0.1, -0.05) is 146 Å². The highest BCUT2D eigenvalue weighted by atomic mass is 31.2. The molecule has 0 saturated heterocycles. The van der Waals surface area contributed by atoms with Crippen molar-refractivity contribution in [2.45, 2.75) is 0 Å². The number of hydrogen-bond donors (Lipinski definition) is 0. The summed E-state index contributed by atoms with van der Waals surface area (Å²) in [7, 11) is -3.18. The Balaban J connectivity index is 1.01. The summed E-state index contributed by atoms with van der Waals surface area (Å²) in [6.45, 7) is 0. The van der Waals surface area contributed by atoms with Gasteiger partial charge in [0.25, 0.3) is 0 Å².